The lowest BCUT2D eigenvalue weighted by molar-refractivity contribution is -0.117. The Hall–Kier alpha value is -2.80. The minimum Gasteiger partial charge on any atom is -0.465 e. The van der Waals surface area contributed by atoms with Crippen LogP contribution in [0.1, 0.15) is 22.7 Å². The summed E-state index contributed by atoms with van der Waals surface area (Å²) in [6, 6.07) is 6.39. The molecule has 0 aliphatic carbocycles. The van der Waals surface area contributed by atoms with Crippen LogP contribution in [0.5, 0.6) is 0 Å². The van der Waals surface area contributed by atoms with Gasteiger partial charge in [0.05, 0.1) is 12.5 Å². The van der Waals surface area contributed by atoms with Crippen LogP contribution in [0.15, 0.2) is 51.3 Å². The lowest BCUT2D eigenvalue weighted by Crippen LogP contribution is -2.35. The maximum atomic E-state index is 12.1. The number of aliphatic hydroxyl groups excluding tert-OH is 1. The predicted octanol–water partition coefficient (Wildman–Crippen LogP) is 1.14. The summed E-state index contributed by atoms with van der Waals surface area (Å²) in [6.07, 6.45) is 4.66. The maximum Gasteiger partial charge on any atom is 0.291 e. The van der Waals surface area contributed by atoms with Crippen molar-refractivity contribution in [2.45, 2.75) is 6.42 Å². The Morgan fingerprint density at radius 2 is 1.95 bits per heavy atom. The SMILES string of the molecule is O=C(NCCCO)/C(=C/c1ccco1)NC(=O)c1ccco1. The third kappa shape index (κ3) is 4.35. The first-order valence-corrected chi connectivity index (χ1v) is 6.70. The van der Waals surface area contributed by atoms with Gasteiger partial charge in [-0.05, 0) is 30.7 Å². The second kappa shape index (κ2) is 7.84. The number of aliphatic hydroxyl groups is 1. The van der Waals surface area contributed by atoms with Crippen LogP contribution < -0.4 is 10.6 Å². The third-order valence-corrected chi connectivity index (χ3v) is 2.69. The lowest BCUT2D eigenvalue weighted by atomic mass is 10.3. The van der Waals surface area contributed by atoms with Crippen LogP contribution in [0.4, 0.5) is 0 Å². The van der Waals surface area contributed by atoms with Gasteiger partial charge in [0.25, 0.3) is 11.8 Å². The molecule has 0 saturated carbocycles. The van der Waals surface area contributed by atoms with E-state index in [4.69, 9.17) is 13.9 Å². The van der Waals surface area contributed by atoms with Crippen molar-refractivity contribution < 1.29 is 23.5 Å². The molecule has 0 aliphatic heterocycles. The van der Waals surface area contributed by atoms with Crippen molar-refractivity contribution in [2.75, 3.05) is 13.2 Å². The van der Waals surface area contributed by atoms with E-state index in [0.29, 0.717) is 18.7 Å². The van der Waals surface area contributed by atoms with Crippen molar-refractivity contribution in [3.8, 4) is 0 Å². The molecule has 0 spiro atoms. The van der Waals surface area contributed by atoms with Gasteiger partial charge < -0.3 is 24.6 Å². The molecule has 0 atom stereocenters. The van der Waals surface area contributed by atoms with Gasteiger partial charge in [-0.15, -0.1) is 0 Å². The second-order valence-electron chi connectivity index (χ2n) is 4.34. The van der Waals surface area contributed by atoms with Crippen molar-refractivity contribution in [1.82, 2.24) is 10.6 Å². The van der Waals surface area contributed by atoms with E-state index in [-0.39, 0.29) is 18.1 Å². The summed E-state index contributed by atoms with van der Waals surface area (Å²) in [5.74, 6) is -0.509. The molecule has 0 fully saturated rings. The summed E-state index contributed by atoms with van der Waals surface area (Å²) in [5, 5.41) is 13.8. The van der Waals surface area contributed by atoms with E-state index in [1.54, 1.807) is 18.2 Å². The Labute approximate surface area is 126 Å². The molecule has 2 rings (SSSR count). The number of hydrogen-bond acceptors (Lipinski definition) is 5. The van der Waals surface area contributed by atoms with Gasteiger partial charge in [-0.25, -0.2) is 0 Å². The van der Waals surface area contributed by atoms with Gasteiger partial charge in [0.15, 0.2) is 5.76 Å². The number of hydrogen-bond donors (Lipinski definition) is 3. The van der Waals surface area contributed by atoms with Crippen molar-refractivity contribution in [1.29, 1.82) is 0 Å². The van der Waals surface area contributed by atoms with E-state index >= 15 is 0 Å². The molecule has 2 heterocycles. The first kappa shape index (κ1) is 15.6. The topological polar surface area (TPSA) is 105 Å². The van der Waals surface area contributed by atoms with Crippen LogP contribution in [0.25, 0.3) is 6.08 Å². The van der Waals surface area contributed by atoms with Gasteiger partial charge in [0, 0.05) is 19.2 Å². The minimum absolute atomic E-state index is 0.0225. The molecular formula is C15H16N2O5. The molecule has 2 aromatic heterocycles. The molecule has 0 saturated heterocycles. The molecule has 116 valence electrons. The highest BCUT2D eigenvalue weighted by Gasteiger charge is 2.16. The Kier molecular flexibility index (Phi) is 5.56. The van der Waals surface area contributed by atoms with Gasteiger partial charge in [-0.3, -0.25) is 9.59 Å². The molecule has 7 heteroatoms. The van der Waals surface area contributed by atoms with E-state index in [1.807, 2.05) is 0 Å². The number of amides is 2. The van der Waals surface area contributed by atoms with Crippen LogP contribution in [-0.2, 0) is 4.79 Å². The highest BCUT2D eigenvalue weighted by atomic mass is 16.3. The normalized spacial score (nSPS) is 11.2. The van der Waals surface area contributed by atoms with Gasteiger partial charge in [0.2, 0.25) is 0 Å². The summed E-state index contributed by atoms with van der Waals surface area (Å²) in [4.78, 5) is 24.1. The molecule has 0 bridgehead atoms. The average molecular weight is 304 g/mol. The van der Waals surface area contributed by atoms with Crippen LogP contribution >= 0.6 is 0 Å². The van der Waals surface area contributed by atoms with Gasteiger partial charge in [-0.1, -0.05) is 0 Å². The monoisotopic (exact) mass is 304 g/mol. The van der Waals surface area contributed by atoms with E-state index in [9.17, 15) is 9.59 Å². The summed E-state index contributed by atoms with van der Waals surface area (Å²) >= 11 is 0. The molecule has 2 aromatic rings. The van der Waals surface area contributed by atoms with Crippen LogP contribution in [0, 0.1) is 0 Å². The van der Waals surface area contributed by atoms with Crippen molar-refractivity contribution in [2.24, 2.45) is 0 Å². The van der Waals surface area contributed by atoms with Gasteiger partial charge in [-0.2, -0.15) is 0 Å². The predicted molar refractivity (Wildman–Crippen MR) is 77.6 cm³/mol. The van der Waals surface area contributed by atoms with Crippen LogP contribution in [-0.4, -0.2) is 30.1 Å². The smallest absolute Gasteiger partial charge is 0.291 e. The zero-order chi connectivity index (χ0) is 15.8. The summed E-state index contributed by atoms with van der Waals surface area (Å²) in [7, 11) is 0. The summed E-state index contributed by atoms with van der Waals surface area (Å²) in [6.45, 7) is 0.262. The quantitative estimate of drug-likeness (QED) is 0.525. The third-order valence-electron chi connectivity index (χ3n) is 2.69. The number of carbonyl (C=O) groups excluding carboxylic acids is 2. The Balaban J connectivity index is 2.11. The van der Waals surface area contributed by atoms with Crippen LogP contribution in [0.3, 0.4) is 0 Å². The number of rotatable bonds is 7. The molecule has 0 radical (unpaired) electrons. The lowest BCUT2D eigenvalue weighted by Gasteiger charge is -2.09. The van der Waals surface area contributed by atoms with E-state index in [2.05, 4.69) is 10.6 Å². The van der Waals surface area contributed by atoms with Crippen molar-refractivity contribution >= 4 is 17.9 Å². The average Bonchev–Trinajstić information content (AvgIpc) is 3.20. The first-order valence-electron chi connectivity index (χ1n) is 6.70. The Morgan fingerprint density at radius 1 is 1.18 bits per heavy atom. The number of nitrogens with one attached hydrogen (secondary N) is 2. The maximum absolute atomic E-state index is 12.1. The zero-order valence-corrected chi connectivity index (χ0v) is 11.7. The Morgan fingerprint density at radius 3 is 2.59 bits per heavy atom. The molecule has 3 N–H and O–H groups in total. The Bertz CT molecular complexity index is 629. The molecule has 0 aromatic carbocycles. The largest absolute Gasteiger partial charge is 0.465 e. The fraction of sp³-hybridized carbons (Fsp3) is 0.200. The standard InChI is InChI=1S/C15H16N2O5/c18-7-3-6-16-14(19)12(10-11-4-1-8-21-11)17-15(20)13-5-2-9-22-13/h1-2,4-5,8-10,18H,3,6-7H2,(H,16,19)(H,17,20)/b12-10-. The van der Waals surface area contributed by atoms with E-state index in [1.165, 1.54) is 24.7 Å². The first-order chi connectivity index (χ1) is 10.7. The summed E-state index contributed by atoms with van der Waals surface area (Å²) < 4.78 is 10.1. The fourth-order valence-electron chi connectivity index (χ4n) is 1.64. The molecule has 22 heavy (non-hydrogen) atoms. The van der Waals surface area contributed by atoms with E-state index < -0.39 is 11.8 Å². The molecular weight excluding hydrogens is 288 g/mol. The highest BCUT2D eigenvalue weighted by molar-refractivity contribution is 6.04. The van der Waals surface area contributed by atoms with Gasteiger partial charge in [0.1, 0.15) is 11.5 Å². The minimum atomic E-state index is -0.542. The number of furan rings is 2. The molecule has 0 aliphatic rings. The molecule has 0 unspecified atom stereocenters. The van der Waals surface area contributed by atoms with Crippen molar-refractivity contribution in [3.63, 3.8) is 0 Å². The van der Waals surface area contributed by atoms with Crippen LogP contribution in [0.2, 0.25) is 0 Å². The molecule has 7 nitrogen and oxygen atoms in total. The van der Waals surface area contributed by atoms with Crippen molar-refractivity contribution in [3.05, 3.63) is 54.0 Å². The van der Waals surface area contributed by atoms with E-state index in [0.717, 1.165) is 0 Å². The zero-order valence-electron chi connectivity index (χ0n) is 11.7. The van der Waals surface area contributed by atoms with Gasteiger partial charge >= 0.3 is 0 Å². The fourth-order valence-corrected chi connectivity index (χ4v) is 1.64. The summed E-state index contributed by atoms with van der Waals surface area (Å²) in [5.41, 5.74) is 0.0225. The second-order valence-corrected chi connectivity index (χ2v) is 4.34. The highest BCUT2D eigenvalue weighted by Crippen LogP contribution is 2.08. The molecule has 2 amide bonds. The number of carbonyl (C=O) groups is 2.